The van der Waals surface area contributed by atoms with Gasteiger partial charge in [0.05, 0.1) is 22.2 Å². The van der Waals surface area contributed by atoms with Crippen LogP contribution in [0.25, 0.3) is 0 Å². The van der Waals surface area contributed by atoms with Gasteiger partial charge in [-0.05, 0) is 30.3 Å². The summed E-state index contributed by atoms with van der Waals surface area (Å²) in [5, 5.41) is 3.94. The van der Waals surface area contributed by atoms with Crippen LogP contribution in [-0.4, -0.2) is 17.1 Å². The Kier molecular flexibility index (Phi) is 4.90. The van der Waals surface area contributed by atoms with Crippen molar-refractivity contribution in [2.75, 3.05) is 10.6 Å². The third-order valence-corrected chi connectivity index (χ3v) is 4.92. The van der Waals surface area contributed by atoms with Crippen molar-refractivity contribution in [1.82, 2.24) is 0 Å². The van der Waals surface area contributed by atoms with E-state index in [1.165, 1.54) is 24.3 Å². The lowest BCUT2D eigenvalue weighted by Gasteiger charge is -2.24. The fourth-order valence-electron chi connectivity index (χ4n) is 2.39. The lowest BCUT2D eigenvalue weighted by Crippen LogP contribution is -2.32. The summed E-state index contributed by atoms with van der Waals surface area (Å²) in [6.45, 7) is 0. The maximum Gasteiger partial charge on any atom is 0.416 e. The van der Waals surface area contributed by atoms with Crippen molar-refractivity contribution in [3.05, 3.63) is 53.8 Å². The van der Waals surface area contributed by atoms with E-state index >= 15 is 0 Å². The van der Waals surface area contributed by atoms with E-state index in [0.717, 1.165) is 23.9 Å². The highest BCUT2D eigenvalue weighted by molar-refractivity contribution is 8.01. The molecule has 2 N–H and O–H groups in total. The summed E-state index contributed by atoms with van der Waals surface area (Å²) in [7, 11) is 0. The summed E-state index contributed by atoms with van der Waals surface area (Å²) in [6.07, 6.45) is -4.76. The zero-order valence-corrected chi connectivity index (χ0v) is 13.9. The monoisotopic (exact) mass is 384 g/mol. The fourth-order valence-corrected chi connectivity index (χ4v) is 3.48. The summed E-state index contributed by atoms with van der Waals surface area (Å²) >= 11 is 0.994. The van der Waals surface area contributed by atoms with E-state index in [0.29, 0.717) is 4.90 Å². The van der Waals surface area contributed by atoms with E-state index < -0.39 is 34.6 Å². The number of carbonyl (C=O) groups excluding carboxylic acids is 2. The second kappa shape index (κ2) is 6.99. The van der Waals surface area contributed by atoms with Gasteiger partial charge in [-0.2, -0.15) is 13.2 Å². The smallest absolute Gasteiger partial charge is 0.324 e. The summed E-state index contributed by atoms with van der Waals surface area (Å²) < 4.78 is 51.8. The van der Waals surface area contributed by atoms with Crippen LogP contribution in [0.2, 0.25) is 0 Å². The highest BCUT2D eigenvalue weighted by Crippen LogP contribution is 2.40. The summed E-state index contributed by atoms with van der Waals surface area (Å²) in [4.78, 5) is 24.6. The second-order valence-corrected chi connectivity index (χ2v) is 6.78. The number of anilines is 2. The number of halogens is 4. The Bertz CT molecular complexity index is 870. The Morgan fingerprint density at radius 3 is 2.62 bits per heavy atom. The average molecular weight is 384 g/mol. The van der Waals surface area contributed by atoms with Gasteiger partial charge in [-0.3, -0.25) is 9.59 Å². The average Bonchev–Trinajstić information content (AvgIpc) is 2.56. The zero-order valence-electron chi connectivity index (χ0n) is 13.1. The van der Waals surface area contributed by atoms with Gasteiger partial charge in [0.2, 0.25) is 11.8 Å². The predicted octanol–water partition coefficient (Wildman–Crippen LogP) is 4.29. The number of rotatable bonds is 3. The number of thioether (sulfide) groups is 1. The van der Waals surface area contributed by atoms with Crippen LogP contribution >= 0.6 is 11.8 Å². The van der Waals surface area contributed by atoms with E-state index in [1.54, 1.807) is 6.07 Å². The molecule has 0 radical (unpaired) electrons. The largest absolute Gasteiger partial charge is 0.416 e. The number of nitrogens with one attached hydrogen (secondary N) is 2. The third-order valence-electron chi connectivity index (χ3n) is 3.65. The third kappa shape index (κ3) is 3.98. The SMILES string of the molecule is O=C(C[C@H]1Sc2ccc(C(F)(F)F)cc2NC1=O)Nc1ccccc1F. The highest BCUT2D eigenvalue weighted by Gasteiger charge is 2.34. The van der Waals surface area contributed by atoms with Crippen LogP contribution in [0.4, 0.5) is 28.9 Å². The number of carbonyl (C=O) groups is 2. The Hall–Kier alpha value is -2.55. The molecule has 3 rings (SSSR count). The number of hydrogen-bond acceptors (Lipinski definition) is 3. The lowest BCUT2D eigenvalue weighted by atomic mass is 10.1. The van der Waals surface area contributed by atoms with Crippen LogP contribution in [0, 0.1) is 5.82 Å². The van der Waals surface area contributed by atoms with Gasteiger partial charge in [0, 0.05) is 11.3 Å². The van der Waals surface area contributed by atoms with Gasteiger partial charge in [0.1, 0.15) is 5.82 Å². The number of hydrogen-bond donors (Lipinski definition) is 2. The number of amides is 2. The van der Waals surface area contributed by atoms with Gasteiger partial charge in [0.15, 0.2) is 0 Å². The first-order valence-electron chi connectivity index (χ1n) is 7.47. The molecule has 1 aliphatic rings. The molecular formula is C17H12F4N2O2S. The van der Waals surface area contributed by atoms with Gasteiger partial charge < -0.3 is 10.6 Å². The van der Waals surface area contributed by atoms with E-state index in [4.69, 9.17) is 0 Å². The minimum Gasteiger partial charge on any atom is -0.324 e. The van der Waals surface area contributed by atoms with Gasteiger partial charge in [0.25, 0.3) is 0 Å². The van der Waals surface area contributed by atoms with Crippen LogP contribution < -0.4 is 10.6 Å². The number of para-hydroxylation sites is 1. The van der Waals surface area contributed by atoms with Crippen molar-refractivity contribution in [3.63, 3.8) is 0 Å². The molecular weight excluding hydrogens is 372 g/mol. The van der Waals surface area contributed by atoms with Gasteiger partial charge in [-0.25, -0.2) is 4.39 Å². The fraction of sp³-hybridized carbons (Fsp3) is 0.176. The second-order valence-electron chi connectivity index (χ2n) is 5.54. The molecule has 0 spiro atoms. The molecule has 0 aliphatic carbocycles. The molecule has 0 fully saturated rings. The molecule has 1 aliphatic heterocycles. The topological polar surface area (TPSA) is 58.2 Å². The Balaban J connectivity index is 1.70. The summed E-state index contributed by atoms with van der Waals surface area (Å²) in [5.74, 6) is -1.75. The minimum atomic E-state index is -4.51. The van der Waals surface area contributed by atoms with Crippen molar-refractivity contribution in [3.8, 4) is 0 Å². The Morgan fingerprint density at radius 2 is 1.92 bits per heavy atom. The molecule has 0 saturated heterocycles. The van der Waals surface area contributed by atoms with Crippen molar-refractivity contribution < 1.29 is 27.2 Å². The first kappa shape index (κ1) is 18.2. The molecule has 2 aromatic rings. The lowest BCUT2D eigenvalue weighted by molar-refractivity contribution is -0.137. The predicted molar refractivity (Wildman–Crippen MR) is 89.4 cm³/mol. The first-order valence-corrected chi connectivity index (χ1v) is 8.35. The molecule has 2 amide bonds. The molecule has 26 heavy (non-hydrogen) atoms. The van der Waals surface area contributed by atoms with Gasteiger partial charge in [-0.1, -0.05) is 12.1 Å². The van der Waals surface area contributed by atoms with E-state index in [-0.39, 0.29) is 17.8 Å². The van der Waals surface area contributed by atoms with E-state index in [9.17, 15) is 27.2 Å². The highest BCUT2D eigenvalue weighted by atomic mass is 32.2. The maximum atomic E-state index is 13.5. The number of benzene rings is 2. The number of fused-ring (bicyclic) bond motifs is 1. The summed E-state index contributed by atoms with van der Waals surface area (Å²) in [6, 6.07) is 8.62. The van der Waals surface area contributed by atoms with E-state index in [1.807, 2.05) is 0 Å². The van der Waals surface area contributed by atoms with Crippen LogP contribution in [0.15, 0.2) is 47.4 Å². The van der Waals surface area contributed by atoms with Crippen LogP contribution in [0.5, 0.6) is 0 Å². The van der Waals surface area contributed by atoms with Crippen LogP contribution in [-0.2, 0) is 15.8 Å². The molecule has 0 bridgehead atoms. The standard InChI is InChI=1S/C17H12F4N2O2S/c18-10-3-1-2-4-11(10)22-15(24)8-14-16(25)23-12-7-9(17(19,20)21)5-6-13(12)26-14/h1-7,14H,8H2,(H,22,24)(H,23,25)/t14-/m1/s1. The zero-order chi connectivity index (χ0) is 18.9. The van der Waals surface area contributed by atoms with Gasteiger partial charge >= 0.3 is 6.18 Å². The van der Waals surface area contributed by atoms with Crippen molar-refractivity contribution >= 4 is 35.0 Å². The van der Waals surface area contributed by atoms with Crippen molar-refractivity contribution in [2.24, 2.45) is 0 Å². The molecule has 1 heterocycles. The Morgan fingerprint density at radius 1 is 1.19 bits per heavy atom. The first-order chi connectivity index (χ1) is 12.2. The normalized spacial score (nSPS) is 16.6. The van der Waals surface area contributed by atoms with Crippen LogP contribution in [0.3, 0.4) is 0 Å². The van der Waals surface area contributed by atoms with Crippen LogP contribution in [0.1, 0.15) is 12.0 Å². The molecule has 2 aromatic carbocycles. The summed E-state index contributed by atoms with van der Waals surface area (Å²) in [5.41, 5.74) is -0.817. The molecule has 0 saturated carbocycles. The molecule has 0 unspecified atom stereocenters. The quantitative estimate of drug-likeness (QED) is 0.777. The maximum absolute atomic E-state index is 13.5. The number of alkyl halides is 3. The molecule has 4 nitrogen and oxygen atoms in total. The van der Waals surface area contributed by atoms with Crippen molar-refractivity contribution in [2.45, 2.75) is 22.7 Å². The Labute approximate surface area is 150 Å². The molecule has 0 aromatic heterocycles. The van der Waals surface area contributed by atoms with E-state index in [2.05, 4.69) is 10.6 Å². The molecule has 136 valence electrons. The minimum absolute atomic E-state index is 0.00561. The van der Waals surface area contributed by atoms with Gasteiger partial charge in [-0.15, -0.1) is 11.8 Å². The molecule has 9 heteroatoms. The van der Waals surface area contributed by atoms with Crippen molar-refractivity contribution in [1.29, 1.82) is 0 Å². The molecule has 1 atom stereocenters.